The van der Waals surface area contributed by atoms with E-state index in [9.17, 15) is 4.79 Å². The molecular formula is C15H10Cl2N2O. The molecule has 0 radical (unpaired) electrons. The molecule has 3 nitrogen and oxygen atoms in total. The van der Waals surface area contributed by atoms with Gasteiger partial charge in [-0.1, -0.05) is 53.6 Å². The van der Waals surface area contributed by atoms with Gasteiger partial charge in [0.25, 0.3) is 5.56 Å². The fraction of sp³-hybridized carbons (Fsp3) is 0.0667. The van der Waals surface area contributed by atoms with Crippen LogP contribution in [-0.4, -0.2) is 9.78 Å². The van der Waals surface area contributed by atoms with Gasteiger partial charge < -0.3 is 0 Å². The molecule has 2 aromatic rings. The lowest BCUT2D eigenvalue weighted by molar-refractivity contribution is 0.806. The van der Waals surface area contributed by atoms with Crippen LogP contribution in [0.3, 0.4) is 0 Å². The minimum atomic E-state index is -0.418. The van der Waals surface area contributed by atoms with Gasteiger partial charge in [0.2, 0.25) is 0 Å². The van der Waals surface area contributed by atoms with E-state index in [1.807, 2.05) is 30.3 Å². The lowest BCUT2D eigenvalue weighted by Crippen LogP contribution is -2.21. The average molecular weight is 305 g/mol. The van der Waals surface area contributed by atoms with Crippen LogP contribution in [0.25, 0.3) is 5.69 Å². The van der Waals surface area contributed by atoms with Crippen LogP contribution in [0.1, 0.15) is 5.56 Å². The number of aromatic nitrogens is 2. The summed E-state index contributed by atoms with van der Waals surface area (Å²) in [5, 5.41) is 4.17. The van der Waals surface area contributed by atoms with E-state index in [0.717, 1.165) is 12.0 Å². The van der Waals surface area contributed by atoms with Crippen molar-refractivity contribution in [2.75, 3.05) is 0 Å². The summed E-state index contributed by atoms with van der Waals surface area (Å²) in [5.74, 6) is 0. The highest BCUT2D eigenvalue weighted by molar-refractivity contribution is 6.41. The Hall–Kier alpha value is -1.84. The number of allylic oxidation sites excluding steroid dienone is 4. The molecule has 100 valence electrons. The lowest BCUT2D eigenvalue weighted by Gasteiger charge is -2.10. The van der Waals surface area contributed by atoms with Gasteiger partial charge in [-0.3, -0.25) is 4.79 Å². The summed E-state index contributed by atoms with van der Waals surface area (Å²) in [6.07, 6.45) is 8.34. The Morgan fingerprint density at radius 3 is 2.75 bits per heavy atom. The molecule has 1 aromatic heterocycles. The topological polar surface area (TPSA) is 34.9 Å². The second-order valence-electron chi connectivity index (χ2n) is 4.47. The Kier molecular flexibility index (Phi) is 3.47. The molecule has 0 amide bonds. The molecule has 3 rings (SSSR count). The van der Waals surface area contributed by atoms with E-state index < -0.39 is 5.56 Å². The van der Waals surface area contributed by atoms with Crippen LogP contribution in [-0.2, 0) is 6.42 Å². The summed E-state index contributed by atoms with van der Waals surface area (Å²) in [6, 6.07) is 7.64. The van der Waals surface area contributed by atoms with Crippen molar-refractivity contribution in [1.82, 2.24) is 9.78 Å². The Labute approximate surface area is 125 Å². The third kappa shape index (κ3) is 2.42. The molecule has 1 heterocycles. The van der Waals surface area contributed by atoms with E-state index in [1.54, 1.807) is 0 Å². The maximum absolute atomic E-state index is 12.1. The lowest BCUT2D eigenvalue weighted by atomic mass is 9.99. The minimum absolute atomic E-state index is 0.0169. The van der Waals surface area contributed by atoms with Gasteiger partial charge in [-0.25, -0.2) is 0 Å². The third-order valence-electron chi connectivity index (χ3n) is 3.06. The van der Waals surface area contributed by atoms with Gasteiger partial charge in [0.1, 0.15) is 5.02 Å². The van der Waals surface area contributed by atoms with Crippen molar-refractivity contribution in [1.29, 1.82) is 0 Å². The van der Waals surface area contributed by atoms with Crippen LogP contribution in [0.4, 0.5) is 0 Å². The van der Waals surface area contributed by atoms with Crippen molar-refractivity contribution in [3.05, 3.63) is 80.2 Å². The Morgan fingerprint density at radius 2 is 2.05 bits per heavy atom. The molecule has 0 unspecified atom stereocenters. The first kappa shape index (κ1) is 13.2. The van der Waals surface area contributed by atoms with Gasteiger partial charge in [0.05, 0.1) is 16.9 Å². The molecule has 0 N–H and O–H groups in total. The smallest absolute Gasteiger partial charge is 0.266 e. The third-order valence-corrected chi connectivity index (χ3v) is 3.81. The summed E-state index contributed by atoms with van der Waals surface area (Å²) in [6.45, 7) is 0. The molecule has 0 fully saturated rings. The highest BCUT2D eigenvalue weighted by atomic mass is 35.5. The summed E-state index contributed by atoms with van der Waals surface area (Å²) in [7, 11) is 0. The highest BCUT2D eigenvalue weighted by Gasteiger charge is 2.10. The molecule has 0 spiro atoms. The summed E-state index contributed by atoms with van der Waals surface area (Å²) >= 11 is 11.6. The van der Waals surface area contributed by atoms with E-state index in [-0.39, 0.29) is 10.0 Å². The largest absolute Gasteiger partial charge is 0.291 e. The number of hydrogen-bond donors (Lipinski definition) is 0. The Bertz CT molecular complexity index is 791. The summed E-state index contributed by atoms with van der Waals surface area (Å²) < 4.78 is 1.25. The van der Waals surface area contributed by atoms with Crippen molar-refractivity contribution >= 4 is 23.2 Å². The molecule has 1 aromatic carbocycles. The number of halogens is 2. The highest BCUT2D eigenvalue weighted by Crippen LogP contribution is 2.19. The van der Waals surface area contributed by atoms with Gasteiger partial charge in [-0.2, -0.15) is 9.78 Å². The van der Waals surface area contributed by atoms with E-state index in [4.69, 9.17) is 23.2 Å². The van der Waals surface area contributed by atoms with Crippen LogP contribution < -0.4 is 5.56 Å². The van der Waals surface area contributed by atoms with E-state index in [2.05, 4.69) is 17.3 Å². The van der Waals surface area contributed by atoms with Crippen LogP contribution in [0.2, 0.25) is 10.0 Å². The molecule has 0 atom stereocenters. The van der Waals surface area contributed by atoms with E-state index in [1.165, 1.54) is 16.5 Å². The van der Waals surface area contributed by atoms with Crippen molar-refractivity contribution in [2.24, 2.45) is 0 Å². The number of hydrogen-bond acceptors (Lipinski definition) is 2. The summed E-state index contributed by atoms with van der Waals surface area (Å²) in [4.78, 5) is 12.1. The quantitative estimate of drug-likeness (QED) is 0.869. The molecule has 0 aliphatic heterocycles. The minimum Gasteiger partial charge on any atom is -0.266 e. The molecule has 0 saturated carbocycles. The first-order chi connectivity index (χ1) is 9.65. The predicted molar refractivity (Wildman–Crippen MR) is 80.8 cm³/mol. The first-order valence-electron chi connectivity index (χ1n) is 6.05. The predicted octanol–water partition coefficient (Wildman–Crippen LogP) is 3.58. The summed E-state index contributed by atoms with van der Waals surface area (Å²) in [5.41, 5.74) is 2.63. The van der Waals surface area contributed by atoms with Crippen molar-refractivity contribution in [2.45, 2.75) is 6.42 Å². The van der Waals surface area contributed by atoms with Gasteiger partial charge in [-0.15, -0.1) is 0 Å². The number of rotatable bonds is 3. The Balaban J connectivity index is 2.00. The Morgan fingerprint density at radius 1 is 1.25 bits per heavy atom. The van der Waals surface area contributed by atoms with Crippen LogP contribution in [0, 0.1) is 0 Å². The van der Waals surface area contributed by atoms with Gasteiger partial charge >= 0.3 is 0 Å². The van der Waals surface area contributed by atoms with Gasteiger partial charge in [-0.05, 0) is 29.7 Å². The second-order valence-corrected chi connectivity index (χ2v) is 5.26. The number of nitrogens with zero attached hydrogens (tertiary/aromatic N) is 2. The van der Waals surface area contributed by atoms with Crippen molar-refractivity contribution in [3.8, 4) is 5.69 Å². The first-order valence-corrected chi connectivity index (χ1v) is 6.80. The van der Waals surface area contributed by atoms with E-state index in [0.29, 0.717) is 5.69 Å². The zero-order chi connectivity index (χ0) is 14.1. The zero-order valence-corrected chi connectivity index (χ0v) is 11.9. The maximum Gasteiger partial charge on any atom is 0.291 e. The van der Waals surface area contributed by atoms with Gasteiger partial charge in [0, 0.05) is 0 Å². The van der Waals surface area contributed by atoms with Crippen LogP contribution in [0.5, 0.6) is 0 Å². The standard InChI is InChI=1S/C15H10Cl2N2O/c16-13-9-18-19(15(20)14(13)17)12-6-2-5-11(8-12)7-10-3-1-4-10/h1-6,8-9H,7H2. The fourth-order valence-electron chi connectivity index (χ4n) is 1.98. The second kappa shape index (κ2) is 5.27. The zero-order valence-electron chi connectivity index (χ0n) is 10.4. The molecule has 1 aliphatic carbocycles. The maximum atomic E-state index is 12.1. The van der Waals surface area contributed by atoms with Crippen molar-refractivity contribution < 1.29 is 0 Å². The van der Waals surface area contributed by atoms with Crippen LogP contribution >= 0.6 is 23.2 Å². The molecule has 5 heteroatoms. The molecule has 1 aliphatic rings. The number of benzene rings is 1. The van der Waals surface area contributed by atoms with Gasteiger partial charge in [0.15, 0.2) is 0 Å². The average Bonchev–Trinajstić information content (AvgIpc) is 2.41. The normalized spacial score (nSPS) is 13.0. The molecular weight excluding hydrogens is 295 g/mol. The SMILES string of the molecule is O=c1c(Cl)c(Cl)cnn1-c1cccc(CC2=CC=C2)c1. The molecule has 0 saturated heterocycles. The van der Waals surface area contributed by atoms with Crippen molar-refractivity contribution in [3.63, 3.8) is 0 Å². The van der Waals surface area contributed by atoms with E-state index >= 15 is 0 Å². The van der Waals surface area contributed by atoms with Crippen LogP contribution in [0.15, 0.2) is 59.1 Å². The fourth-order valence-corrected chi connectivity index (χ4v) is 2.23. The monoisotopic (exact) mass is 304 g/mol. The molecule has 20 heavy (non-hydrogen) atoms. The molecule has 0 bridgehead atoms.